The summed E-state index contributed by atoms with van der Waals surface area (Å²) in [6, 6.07) is 12.5. The number of nitrogens with one attached hydrogen (secondary N) is 1. The van der Waals surface area contributed by atoms with E-state index in [2.05, 4.69) is 15.5 Å². The van der Waals surface area contributed by atoms with Crippen LogP contribution in [0.4, 0.5) is 5.69 Å². The van der Waals surface area contributed by atoms with Gasteiger partial charge in [-0.25, -0.2) is 0 Å². The summed E-state index contributed by atoms with van der Waals surface area (Å²) >= 11 is 0. The van der Waals surface area contributed by atoms with E-state index in [9.17, 15) is 9.59 Å². The molecule has 27 heavy (non-hydrogen) atoms. The second-order valence-electron chi connectivity index (χ2n) is 6.28. The molecular weight excluding hydrogens is 344 g/mol. The molecule has 7 nitrogen and oxygen atoms in total. The predicted molar refractivity (Wildman–Crippen MR) is 101 cm³/mol. The number of hydrogen-bond donors (Lipinski definition) is 1. The minimum atomic E-state index is -0.248. The Kier molecular flexibility index (Phi) is 5.30. The quantitative estimate of drug-likeness (QED) is 0.752. The van der Waals surface area contributed by atoms with Crippen LogP contribution in [0.1, 0.15) is 21.5 Å². The van der Waals surface area contributed by atoms with Gasteiger partial charge in [0.1, 0.15) is 0 Å². The first kappa shape index (κ1) is 18.3. The summed E-state index contributed by atoms with van der Waals surface area (Å²) in [5, 5.41) is 10.3. The van der Waals surface area contributed by atoms with Crippen molar-refractivity contribution in [3.8, 4) is 11.5 Å². The summed E-state index contributed by atoms with van der Waals surface area (Å²) < 4.78 is 5.12. The van der Waals surface area contributed by atoms with Gasteiger partial charge in [0.15, 0.2) is 0 Å². The first-order valence-corrected chi connectivity index (χ1v) is 8.44. The summed E-state index contributed by atoms with van der Waals surface area (Å²) in [6.45, 7) is 3.89. The van der Waals surface area contributed by atoms with Crippen molar-refractivity contribution in [2.45, 2.75) is 13.8 Å². The number of likely N-dealkylation sites (N-methyl/N-ethyl adjacent to an activating group) is 1. The Hall–Kier alpha value is -3.48. The highest BCUT2D eigenvalue weighted by Crippen LogP contribution is 2.19. The highest BCUT2D eigenvalue weighted by Gasteiger charge is 2.16. The molecule has 1 aromatic heterocycles. The molecule has 0 aliphatic heterocycles. The summed E-state index contributed by atoms with van der Waals surface area (Å²) in [5.41, 5.74) is 4.06. The lowest BCUT2D eigenvalue weighted by Gasteiger charge is -2.18. The van der Waals surface area contributed by atoms with E-state index in [0.717, 1.165) is 22.4 Å². The second kappa shape index (κ2) is 7.82. The predicted octanol–water partition coefficient (Wildman–Crippen LogP) is 3.06. The molecule has 2 aromatic carbocycles. The number of nitrogens with zero attached hydrogens (tertiary/aromatic N) is 3. The molecule has 1 N–H and O–H groups in total. The van der Waals surface area contributed by atoms with Gasteiger partial charge in [0, 0.05) is 23.9 Å². The molecule has 3 aromatic rings. The van der Waals surface area contributed by atoms with E-state index >= 15 is 0 Å². The third-order valence-electron chi connectivity index (χ3n) is 4.35. The van der Waals surface area contributed by atoms with Crippen LogP contribution in [0.3, 0.4) is 0 Å². The van der Waals surface area contributed by atoms with E-state index in [1.165, 1.54) is 11.3 Å². The molecule has 0 atom stereocenters. The molecule has 3 rings (SSSR count). The summed E-state index contributed by atoms with van der Waals surface area (Å²) in [7, 11) is 1.59. The standard InChI is InChI=1S/C20H20N4O3/c1-13-5-4-6-17(14(13)2)22-18(25)11-24(3)20(26)16-9-7-15(8-10-16)19-23-21-12-27-19/h4-10,12H,11H2,1-3H3,(H,22,25). The van der Waals surface area contributed by atoms with Gasteiger partial charge < -0.3 is 14.6 Å². The number of aryl methyl sites for hydroxylation is 1. The zero-order chi connectivity index (χ0) is 19.4. The molecule has 0 radical (unpaired) electrons. The van der Waals surface area contributed by atoms with Crippen molar-refractivity contribution in [3.63, 3.8) is 0 Å². The third kappa shape index (κ3) is 4.20. The van der Waals surface area contributed by atoms with Crippen molar-refractivity contribution in [2.75, 3.05) is 18.9 Å². The zero-order valence-corrected chi connectivity index (χ0v) is 15.4. The van der Waals surface area contributed by atoms with E-state index in [-0.39, 0.29) is 18.4 Å². The molecule has 0 saturated heterocycles. The highest BCUT2D eigenvalue weighted by atomic mass is 16.4. The Balaban J connectivity index is 1.63. The summed E-state index contributed by atoms with van der Waals surface area (Å²) in [5.74, 6) is -0.111. The molecule has 0 aliphatic carbocycles. The highest BCUT2D eigenvalue weighted by molar-refractivity contribution is 5.99. The third-order valence-corrected chi connectivity index (χ3v) is 4.35. The minimum Gasteiger partial charge on any atom is -0.423 e. The van der Waals surface area contributed by atoms with E-state index < -0.39 is 0 Å². The lowest BCUT2D eigenvalue weighted by Crippen LogP contribution is -2.35. The van der Waals surface area contributed by atoms with Gasteiger partial charge in [-0.2, -0.15) is 0 Å². The first-order chi connectivity index (χ1) is 13.0. The van der Waals surface area contributed by atoms with Crippen LogP contribution in [-0.4, -0.2) is 40.5 Å². The van der Waals surface area contributed by atoms with Gasteiger partial charge in [0.05, 0.1) is 6.54 Å². The fourth-order valence-electron chi connectivity index (χ4n) is 2.64. The van der Waals surface area contributed by atoms with Gasteiger partial charge in [-0.15, -0.1) is 10.2 Å². The van der Waals surface area contributed by atoms with Gasteiger partial charge in [0.25, 0.3) is 5.91 Å². The molecule has 0 unspecified atom stereocenters. The largest absolute Gasteiger partial charge is 0.423 e. The molecular formula is C20H20N4O3. The average molecular weight is 364 g/mol. The number of carbonyl (C=O) groups excluding carboxylic acids is 2. The van der Waals surface area contributed by atoms with E-state index in [0.29, 0.717) is 11.5 Å². The fraction of sp³-hybridized carbons (Fsp3) is 0.200. The molecule has 0 fully saturated rings. The van der Waals surface area contributed by atoms with Gasteiger partial charge in [-0.05, 0) is 55.3 Å². The van der Waals surface area contributed by atoms with Crippen molar-refractivity contribution in [1.82, 2.24) is 15.1 Å². The van der Waals surface area contributed by atoms with Gasteiger partial charge in [0.2, 0.25) is 18.2 Å². The van der Waals surface area contributed by atoms with E-state index in [1.54, 1.807) is 31.3 Å². The maximum Gasteiger partial charge on any atom is 0.254 e. The maximum atomic E-state index is 12.5. The lowest BCUT2D eigenvalue weighted by molar-refractivity contribution is -0.116. The Bertz CT molecular complexity index is 950. The van der Waals surface area contributed by atoms with Crippen molar-refractivity contribution in [3.05, 3.63) is 65.5 Å². The fourth-order valence-corrected chi connectivity index (χ4v) is 2.64. The topological polar surface area (TPSA) is 88.3 Å². The minimum absolute atomic E-state index is 0.0440. The first-order valence-electron chi connectivity index (χ1n) is 8.44. The SMILES string of the molecule is Cc1cccc(NC(=O)CN(C)C(=O)c2ccc(-c3nnco3)cc2)c1C. The van der Waals surface area contributed by atoms with Crippen LogP contribution < -0.4 is 5.32 Å². The van der Waals surface area contributed by atoms with Crippen LogP contribution in [0.15, 0.2) is 53.3 Å². The zero-order valence-electron chi connectivity index (χ0n) is 15.4. The van der Waals surface area contributed by atoms with E-state index in [1.807, 2.05) is 32.0 Å². The van der Waals surface area contributed by atoms with Crippen LogP contribution in [0.5, 0.6) is 0 Å². The number of rotatable bonds is 5. The molecule has 0 saturated carbocycles. The molecule has 7 heteroatoms. The molecule has 2 amide bonds. The van der Waals surface area contributed by atoms with Crippen LogP contribution in [0.2, 0.25) is 0 Å². The lowest BCUT2D eigenvalue weighted by atomic mass is 10.1. The van der Waals surface area contributed by atoms with Crippen molar-refractivity contribution in [1.29, 1.82) is 0 Å². The monoisotopic (exact) mass is 364 g/mol. The number of benzene rings is 2. The smallest absolute Gasteiger partial charge is 0.254 e. The molecule has 138 valence electrons. The van der Waals surface area contributed by atoms with Crippen molar-refractivity contribution in [2.24, 2.45) is 0 Å². The van der Waals surface area contributed by atoms with Gasteiger partial charge in [-0.1, -0.05) is 12.1 Å². The Morgan fingerprint density at radius 2 is 1.85 bits per heavy atom. The van der Waals surface area contributed by atoms with Crippen LogP contribution in [0, 0.1) is 13.8 Å². The van der Waals surface area contributed by atoms with Crippen LogP contribution in [0.25, 0.3) is 11.5 Å². The Morgan fingerprint density at radius 3 is 2.52 bits per heavy atom. The van der Waals surface area contributed by atoms with Crippen LogP contribution in [-0.2, 0) is 4.79 Å². The molecule has 1 heterocycles. The average Bonchev–Trinajstić information content (AvgIpc) is 3.19. The summed E-state index contributed by atoms with van der Waals surface area (Å²) in [6.07, 6.45) is 1.25. The van der Waals surface area contributed by atoms with Crippen LogP contribution >= 0.6 is 0 Å². The second-order valence-corrected chi connectivity index (χ2v) is 6.28. The number of hydrogen-bond acceptors (Lipinski definition) is 5. The van der Waals surface area contributed by atoms with E-state index in [4.69, 9.17) is 4.42 Å². The summed E-state index contributed by atoms with van der Waals surface area (Å²) in [4.78, 5) is 26.2. The normalized spacial score (nSPS) is 10.5. The van der Waals surface area contributed by atoms with Gasteiger partial charge in [-0.3, -0.25) is 9.59 Å². The van der Waals surface area contributed by atoms with Crippen molar-refractivity contribution < 1.29 is 14.0 Å². The molecule has 0 spiro atoms. The molecule has 0 bridgehead atoms. The molecule has 0 aliphatic rings. The Morgan fingerprint density at radius 1 is 1.11 bits per heavy atom. The van der Waals surface area contributed by atoms with Crippen molar-refractivity contribution >= 4 is 17.5 Å². The Labute approximate surface area is 157 Å². The number of carbonyl (C=O) groups is 2. The maximum absolute atomic E-state index is 12.5. The number of anilines is 1. The number of aromatic nitrogens is 2. The number of amides is 2. The van der Waals surface area contributed by atoms with Gasteiger partial charge >= 0.3 is 0 Å².